The number of anilines is 2. The van der Waals surface area contributed by atoms with Crippen molar-refractivity contribution in [2.45, 2.75) is 18.9 Å². The molecule has 0 saturated heterocycles. The van der Waals surface area contributed by atoms with E-state index in [1.807, 2.05) is 18.3 Å². The number of thiophene rings is 1. The second-order valence-corrected chi connectivity index (χ2v) is 10.3. The maximum Gasteiger partial charge on any atom is 0.228 e. The Labute approximate surface area is 173 Å². The normalized spacial score (nSPS) is 14.2. The van der Waals surface area contributed by atoms with Gasteiger partial charge in [0.15, 0.2) is 5.13 Å². The van der Waals surface area contributed by atoms with Gasteiger partial charge in [-0.2, -0.15) is 0 Å². The minimum atomic E-state index is 0.0499. The summed E-state index contributed by atoms with van der Waals surface area (Å²) in [7, 11) is 0. The van der Waals surface area contributed by atoms with Crippen molar-refractivity contribution in [3.63, 3.8) is 0 Å². The minimum Gasteiger partial charge on any atom is -0.360 e. The van der Waals surface area contributed by atoms with E-state index in [0.717, 1.165) is 33.2 Å². The molecule has 1 aliphatic heterocycles. The van der Waals surface area contributed by atoms with E-state index in [1.54, 1.807) is 22.7 Å². The molecule has 5 nitrogen and oxygen atoms in total. The van der Waals surface area contributed by atoms with Gasteiger partial charge in [-0.15, -0.1) is 11.3 Å². The molecule has 0 unspecified atom stereocenters. The van der Waals surface area contributed by atoms with E-state index in [4.69, 9.17) is 5.73 Å². The first-order valence-corrected chi connectivity index (χ1v) is 10.9. The van der Waals surface area contributed by atoms with Crippen LogP contribution in [0.2, 0.25) is 0 Å². The minimum absolute atomic E-state index is 0.0499. The summed E-state index contributed by atoms with van der Waals surface area (Å²) in [6.07, 6.45) is 3.18. The van der Waals surface area contributed by atoms with E-state index in [2.05, 4.69) is 56.4 Å². The number of nitrogens with zero attached hydrogens (tertiary/aromatic N) is 1. The summed E-state index contributed by atoms with van der Waals surface area (Å²) in [5.41, 5.74) is 9.28. The van der Waals surface area contributed by atoms with Crippen LogP contribution in [0.25, 0.3) is 10.4 Å². The molecular formula is C18H17IN4OS2. The van der Waals surface area contributed by atoms with E-state index in [9.17, 15) is 4.79 Å². The van der Waals surface area contributed by atoms with Crippen molar-refractivity contribution in [1.82, 2.24) is 4.98 Å². The number of hydrogen-bond acceptors (Lipinski definition) is 6. The Balaban J connectivity index is 1.37. The monoisotopic (exact) mass is 496 g/mol. The molecule has 4 rings (SSSR count). The predicted molar refractivity (Wildman–Crippen MR) is 117 cm³/mol. The number of hydrogen-bond donors (Lipinski definition) is 3. The molecule has 3 heterocycles. The van der Waals surface area contributed by atoms with E-state index in [1.165, 1.54) is 7.76 Å². The Hall–Kier alpha value is -1.49. The number of carbonyl (C=O) groups excluding carboxylic acids is 1. The second-order valence-electron chi connectivity index (χ2n) is 6.18. The van der Waals surface area contributed by atoms with Crippen LogP contribution < -0.4 is 16.4 Å². The number of thiazole rings is 1. The molecule has 1 aliphatic rings. The van der Waals surface area contributed by atoms with Crippen molar-refractivity contribution in [3.05, 3.63) is 49.9 Å². The van der Waals surface area contributed by atoms with Gasteiger partial charge in [-0.1, -0.05) is 17.4 Å². The molecule has 3 aromatic rings. The first kappa shape index (κ1) is 17.9. The Kier molecular flexibility index (Phi) is 5.25. The Morgan fingerprint density at radius 1 is 1.31 bits per heavy atom. The third-order valence-electron chi connectivity index (χ3n) is 4.13. The van der Waals surface area contributed by atoms with Gasteiger partial charge in [0.1, 0.15) is 0 Å². The van der Waals surface area contributed by atoms with Crippen LogP contribution in [0.5, 0.6) is 0 Å². The highest BCUT2D eigenvalue weighted by atomic mass is 127. The highest BCUT2D eigenvalue weighted by molar-refractivity contribution is 14.1. The number of benzene rings is 1. The zero-order valence-electron chi connectivity index (χ0n) is 13.8. The van der Waals surface area contributed by atoms with Crippen LogP contribution in [0.15, 0.2) is 36.5 Å². The molecule has 1 amide bonds. The van der Waals surface area contributed by atoms with Crippen LogP contribution in [-0.4, -0.2) is 23.5 Å². The van der Waals surface area contributed by atoms with Gasteiger partial charge in [-0.25, -0.2) is 4.98 Å². The largest absolute Gasteiger partial charge is 0.360 e. The van der Waals surface area contributed by atoms with Gasteiger partial charge in [0.2, 0.25) is 5.91 Å². The molecule has 134 valence electrons. The van der Waals surface area contributed by atoms with Crippen LogP contribution >= 0.6 is 45.3 Å². The van der Waals surface area contributed by atoms with Crippen molar-refractivity contribution < 1.29 is 4.79 Å². The number of rotatable bonds is 6. The van der Waals surface area contributed by atoms with Gasteiger partial charge in [-0.05, 0) is 64.4 Å². The SMILES string of the molecule is N[C@H](CNc1ncc(-c2ccc3c(c2)CC(=O)N3)s1)Cc1ccc(I)s1. The molecule has 0 aliphatic carbocycles. The molecule has 0 radical (unpaired) electrons. The summed E-state index contributed by atoms with van der Waals surface area (Å²) in [5.74, 6) is 0.0539. The summed E-state index contributed by atoms with van der Waals surface area (Å²) in [5, 5.41) is 7.06. The molecule has 4 N–H and O–H groups in total. The van der Waals surface area contributed by atoms with Crippen molar-refractivity contribution in [3.8, 4) is 10.4 Å². The van der Waals surface area contributed by atoms with E-state index >= 15 is 0 Å². The fraction of sp³-hybridized carbons (Fsp3) is 0.222. The maximum absolute atomic E-state index is 11.5. The number of halogens is 1. The van der Waals surface area contributed by atoms with Gasteiger partial charge < -0.3 is 16.4 Å². The van der Waals surface area contributed by atoms with Crippen molar-refractivity contribution in [2.75, 3.05) is 17.2 Å². The smallest absolute Gasteiger partial charge is 0.228 e. The van der Waals surface area contributed by atoms with Crippen LogP contribution in [0, 0.1) is 2.88 Å². The fourth-order valence-corrected chi connectivity index (χ4v) is 5.55. The van der Waals surface area contributed by atoms with Crippen LogP contribution in [0.1, 0.15) is 10.4 Å². The third-order valence-corrected chi connectivity index (χ3v) is 7.05. The first-order chi connectivity index (χ1) is 12.6. The van der Waals surface area contributed by atoms with E-state index < -0.39 is 0 Å². The van der Waals surface area contributed by atoms with Gasteiger partial charge in [0.05, 0.1) is 14.2 Å². The Bertz CT molecular complexity index is 952. The Morgan fingerprint density at radius 2 is 2.19 bits per heavy atom. The van der Waals surface area contributed by atoms with Gasteiger partial charge in [0.25, 0.3) is 0 Å². The lowest BCUT2D eigenvalue weighted by atomic mass is 10.1. The van der Waals surface area contributed by atoms with Crippen LogP contribution in [0.3, 0.4) is 0 Å². The molecule has 0 spiro atoms. The number of fused-ring (bicyclic) bond motifs is 1. The molecule has 0 saturated carbocycles. The predicted octanol–water partition coefficient (Wildman–Crippen LogP) is 3.95. The van der Waals surface area contributed by atoms with E-state index in [0.29, 0.717) is 13.0 Å². The molecule has 0 bridgehead atoms. The zero-order chi connectivity index (χ0) is 18.1. The van der Waals surface area contributed by atoms with Gasteiger partial charge in [0, 0.05) is 29.3 Å². The topological polar surface area (TPSA) is 80.0 Å². The lowest BCUT2D eigenvalue weighted by Crippen LogP contribution is -2.30. The molecular weight excluding hydrogens is 479 g/mol. The molecule has 8 heteroatoms. The van der Waals surface area contributed by atoms with Gasteiger partial charge >= 0.3 is 0 Å². The average Bonchev–Trinajstić information content (AvgIpc) is 3.31. The molecule has 1 aromatic carbocycles. The summed E-state index contributed by atoms with van der Waals surface area (Å²) in [4.78, 5) is 18.3. The number of nitrogens with one attached hydrogen (secondary N) is 2. The molecule has 26 heavy (non-hydrogen) atoms. The fourth-order valence-electron chi connectivity index (χ4n) is 2.88. The molecule has 1 atom stereocenters. The van der Waals surface area contributed by atoms with Crippen molar-refractivity contribution in [1.29, 1.82) is 0 Å². The number of carbonyl (C=O) groups is 1. The lowest BCUT2D eigenvalue weighted by Gasteiger charge is -2.10. The zero-order valence-corrected chi connectivity index (χ0v) is 17.6. The third kappa shape index (κ3) is 4.08. The van der Waals surface area contributed by atoms with Gasteiger partial charge in [-0.3, -0.25) is 4.79 Å². The number of nitrogens with two attached hydrogens (primary N) is 1. The summed E-state index contributed by atoms with van der Waals surface area (Å²) >= 11 is 5.72. The second kappa shape index (κ2) is 7.63. The lowest BCUT2D eigenvalue weighted by molar-refractivity contribution is -0.115. The highest BCUT2D eigenvalue weighted by Gasteiger charge is 2.18. The van der Waals surface area contributed by atoms with Crippen LogP contribution in [-0.2, 0) is 17.6 Å². The summed E-state index contributed by atoms with van der Waals surface area (Å²) in [6.45, 7) is 0.685. The number of aromatic nitrogens is 1. The maximum atomic E-state index is 11.5. The number of amides is 1. The average molecular weight is 496 g/mol. The summed E-state index contributed by atoms with van der Waals surface area (Å²) < 4.78 is 1.29. The first-order valence-electron chi connectivity index (χ1n) is 8.19. The quantitative estimate of drug-likeness (QED) is 0.452. The van der Waals surface area contributed by atoms with E-state index in [-0.39, 0.29) is 11.9 Å². The van der Waals surface area contributed by atoms with Crippen LogP contribution in [0.4, 0.5) is 10.8 Å². The van der Waals surface area contributed by atoms with Crippen molar-refractivity contribution in [2.24, 2.45) is 5.73 Å². The Morgan fingerprint density at radius 3 is 3.00 bits per heavy atom. The highest BCUT2D eigenvalue weighted by Crippen LogP contribution is 2.33. The molecule has 2 aromatic heterocycles. The summed E-state index contributed by atoms with van der Waals surface area (Å²) in [6, 6.07) is 10.4. The molecule has 0 fully saturated rings. The van der Waals surface area contributed by atoms with Crippen molar-refractivity contribution >= 4 is 62.0 Å². The standard InChI is InChI=1S/C18H17IN4OS2/c19-16-4-2-13(25-16)7-12(20)8-21-18-22-9-15(26-18)10-1-3-14-11(5-10)6-17(24)23-14/h1-5,9,12H,6-8,20H2,(H,21,22)(H,23,24)/t12-/m0/s1.